The Kier molecular flexibility index (Phi) is 5.61. The van der Waals surface area contributed by atoms with Gasteiger partial charge in [-0.1, -0.05) is 24.3 Å². The summed E-state index contributed by atoms with van der Waals surface area (Å²) >= 11 is 0. The highest BCUT2D eigenvalue weighted by Crippen LogP contribution is 2.16. The lowest BCUT2D eigenvalue weighted by Gasteiger charge is -2.07. The Morgan fingerprint density at radius 2 is 2.07 bits per heavy atom. The molecule has 0 atom stereocenters. The van der Waals surface area contributed by atoms with Crippen molar-refractivity contribution in [3.8, 4) is 0 Å². The molecule has 0 aliphatic rings. The highest BCUT2D eigenvalue weighted by atomic mass is 16.6. The average molecular weight is 364 g/mol. The van der Waals surface area contributed by atoms with E-state index in [0.717, 1.165) is 29.8 Å². The van der Waals surface area contributed by atoms with Crippen LogP contribution in [-0.4, -0.2) is 26.9 Å². The van der Waals surface area contributed by atoms with Gasteiger partial charge in [-0.05, 0) is 37.1 Å². The number of non-ortho nitro benzene ring substituents is 1. The number of carbonyl (C=O) groups is 1. The van der Waals surface area contributed by atoms with Gasteiger partial charge in [-0.15, -0.1) is 0 Å². The standard InChI is InChI=1S/C20H20N4O3/c1-15-22-18-8-2-3-9-19(18)23(15)13-5-12-21-20(25)11-10-16-6-4-7-17(14-16)24(26)27/h2-4,6-11,14H,5,12-13H2,1H3,(H,21,25). The van der Waals surface area contributed by atoms with Crippen molar-refractivity contribution >= 4 is 28.7 Å². The molecular formula is C20H20N4O3. The van der Waals surface area contributed by atoms with E-state index >= 15 is 0 Å². The minimum Gasteiger partial charge on any atom is -0.352 e. The summed E-state index contributed by atoms with van der Waals surface area (Å²) in [5.74, 6) is 0.724. The van der Waals surface area contributed by atoms with E-state index in [2.05, 4.69) is 14.9 Å². The maximum atomic E-state index is 11.9. The summed E-state index contributed by atoms with van der Waals surface area (Å²) in [6.45, 7) is 3.27. The fraction of sp³-hybridized carbons (Fsp3) is 0.200. The molecule has 0 spiro atoms. The van der Waals surface area contributed by atoms with Crippen molar-refractivity contribution in [2.24, 2.45) is 0 Å². The quantitative estimate of drug-likeness (QED) is 0.301. The second-order valence-electron chi connectivity index (χ2n) is 6.13. The number of rotatable bonds is 7. The molecule has 1 amide bonds. The Hall–Kier alpha value is -3.48. The Morgan fingerprint density at radius 3 is 2.89 bits per heavy atom. The first-order chi connectivity index (χ1) is 13.0. The van der Waals surface area contributed by atoms with Crippen LogP contribution in [0.4, 0.5) is 5.69 Å². The van der Waals surface area contributed by atoms with Crippen LogP contribution >= 0.6 is 0 Å². The van der Waals surface area contributed by atoms with E-state index in [-0.39, 0.29) is 11.6 Å². The number of amides is 1. The highest BCUT2D eigenvalue weighted by molar-refractivity contribution is 5.91. The summed E-state index contributed by atoms with van der Waals surface area (Å²) in [5, 5.41) is 13.6. The summed E-state index contributed by atoms with van der Waals surface area (Å²) < 4.78 is 2.14. The molecule has 27 heavy (non-hydrogen) atoms. The molecule has 7 nitrogen and oxygen atoms in total. The number of nitro benzene ring substituents is 1. The number of aryl methyl sites for hydroxylation is 2. The summed E-state index contributed by atoms with van der Waals surface area (Å²) in [5.41, 5.74) is 2.67. The number of nitrogens with zero attached hydrogens (tertiary/aromatic N) is 3. The smallest absolute Gasteiger partial charge is 0.270 e. The van der Waals surface area contributed by atoms with Gasteiger partial charge in [0.15, 0.2) is 0 Å². The van der Waals surface area contributed by atoms with Crippen LogP contribution in [0.5, 0.6) is 0 Å². The molecule has 0 unspecified atom stereocenters. The van der Waals surface area contributed by atoms with Crippen molar-refractivity contribution in [3.05, 3.63) is 76.1 Å². The molecule has 0 aliphatic carbocycles. The number of carbonyl (C=O) groups excluding carboxylic acids is 1. The molecule has 3 aromatic rings. The number of hydrogen-bond donors (Lipinski definition) is 1. The first-order valence-corrected chi connectivity index (χ1v) is 8.67. The molecule has 3 rings (SSSR count). The predicted octanol–water partition coefficient (Wildman–Crippen LogP) is 3.47. The molecule has 0 radical (unpaired) electrons. The van der Waals surface area contributed by atoms with E-state index in [1.165, 1.54) is 18.2 Å². The number of nitrogens with one attached hydrogen (secondary N) is 1. The van der Waals surface area contributed by atoms with Gasteiger partial charge in [0.05, 0.1) is 16.0 Å². The first kappa shape index (κ1) is 18.3. The molecule has 7 heteroatoms. The minimum absolute atomic E-state index is 0.000451. The zero-order valence-corrected chi connectivity index (χ0v) is 15.0. The van der Waals surface area contributed by atoms with Gasteiger partial charge in [0.1, 0.15) is 5.82 Å². The number of imidazole rings is 1. The van der Waals surface area contributed by atoms with Crippen LogP contribution in [-0.2, 0) is 11.3 Å². The largest absolute Gasteiger partial charge is 0.352 e. The lowest BCUT2D eigenvalue weighted by atomic mass is 10.2. The van der Waals surface area contributed by atoms with E-state index in [9.17, 15) is 14.9 Å². The number of hydrogen-bond acceptors (Lipinski definition) is 4. The second-order valence-corrected chi connectivity index (χ2v) is 6.13. The molecule has 0 saturated heterocycles. The number of aromatic nitrogens is 2. The Bertz CT molecular complexity index is 1010. The van der Waals surface area contributed by atoms with E-state index < -0.39 is 4.92 Å². The zero-order valence-electron chi connectivity index (χ0n) is 15.0. The average Bonchev–Trinajstić information content (AvgIpc) is 2.99. The Balaban J connectivity index is 1.50. The van der Waals surface area contributed by atoms with Gasteiger partial charge in [0.2, 0.25) is 5.91 Å². The summed E-state index contributed by atoms with van der Waals surface area (Å²) in [4.78, 5) is 26.8. The zero-order chi connectivity index (χ0) is 19.2. The lowest BCUT2D eigenvalue weighted by Crippen LogP contribution is -2.23. The van der Waals surface area contributed by atoms with Gasteiger partial charge >= 0.3 is 0 Å². The monoisotopic (exact) mass is 364 g/mol. The van der Waals surface area contributed by atoms with Crippen LogP contribution in [0, 0.1) is 17.0 Å². The van der Waals surface area contributed by atoms with E-state index in [0.29, 0.717) is 12.1 Å². The molecule has 138 valence electrons. The Labute approximate surface area is 156 Å². The van der Waals surface area contributed by atoms with Gasteiger partial charge in [0.25, 0.3) is 5.69 Å². The van der Waals surface area contributed by atoms with Crippen LogP contribution in [0.3, 0.4) is 0 Å². The number of fused-ring (bicyclic) bond motifs is 1. The van der Waals surface area contributed by atoms with Crippen molar-refractivity contribution in [3.63, 3.8) is 0 Å². The van der Waals surface area contributed by atoms with Crippen molar-refractivity contribution in [2.75, 3.05) is 6.54 Å². The van der Waals surface area contributed by atoms with Crippen LogP contribution in [0.1, 0.15) is 17.8 Å². The molecule has 2 aromatic carbocycles. The normalized spacial score (nSPS) is 11.1. The maximum absolute atomic E-state index is 11.9. The number of nitro groups is 1. The predicted molar refractivity (Wildman–Crippen MR) is 104 cm³/mol. The van der Waals surface area contributed by atoms with Crippen LogP contribution in [0.25, 0.3) is 17.1 Å². The van der Waals surface area contributed by atoms with Gasteiger partial charge in [-0.3, -0.25) is 14.9 Å². The van der Waals surface area contributed by atoms with Crippen LogP contribution in [0.15, 0.2) is 54.6 Å². The van der Waals surface area contributed by atoms with Crippen molar-refractivity contribution in [1.29, 1.82) is 0 Å². The highest BCUT2D eigenvalue weighted by Gasteiger charge is 2.06. The summed E-state index contributed by atoms with van der Waals surface area (Å²) in [6.07, 6.45) is 3.73. The van der Waals surface area contributed by atoms with Crippen molar-refractivity contribution in [1.82, 2.24) is 14.9 Å². The number of para-hydroxylation sites is 2. The van der Waals surface area contributed by atoms with Crippen molar-refractivity contribution < 1.29 is 9.72 Å². The molecule has 0 bridgehead atoms. The van der Waals surface area contributed by atoms with Crippen LogP contribution < -0.4 is 5.32 Å². The number of benzene rings is 2. The summed E-state index contributed by atoms with van der Waals surface area (Å²) in [6, 6.07) is 14.1. The Morgan fingerprint density at radius 1 is 1.26 bits per heavy atom. The lowest BCUT2D eigenvalue weighted by molar-refractivity contribution is -0.384. The fourth-order valence-corrected chi connectivity index (χ4v) is 2.90. The van der Waals surface area contributed by atoms with Crippen LogP contribution in [0.2, 0.25) is 0 Å². The molecular weight excluding hydrogens is 344 g/mol. The van der Waals surface area contributed by atoms with E-state index in [1.807, 2.05) is 31.2 Å². The van der Waals surface area contributed by atoms with Gasteiger partial charge in [-0.25, -0.2) is 4.98 Å². The third kappa shape index (κ3) is 4.58. The third-order valence-corrected chi connectivity index (χ3v) is 4.21. The molecule has 1 N–H and O–H groups in total. The maximum Gasteiger partial charge on any atom is 0.270 e. The van der Waals surface area contributed by atoms with E-state index in [4.69, 9.17) is 0 Å². The minimum atomic E-state index is -0.459. The van der Waals surface area contributed by atoms with Gasteiger partial charge in [0, 0.05) is 31.3 Å². The van der Waals surface area contributed by atoms with Gasteiger partial charge in [-0.2, -0.15) is 0 Å². The molecule has 0 saturated carbocycles. The first-order valence-electron chi connectivity index (χ1n) is 8.67. The molecule has 1 heterocycles. The fourth-order valence-electron chi connectivity index (χ4n) is 2.90. The van der Waals surface area contributed by atoms with Crippen molar-refractivity contribution in [2.45, 2.75) is 19.9 Å². The molecule has 0 aliphatic heterocycles. The second kappa shape index (κ2) is 8.27. The van der Waals surface area contributed by atoms with E-state index in [1.54, 1.807) is 18.2 Å². The topological polar surface area (TPSA) is 90.1 Å². The SMILES string of the molecule is Cc1nc2ccccc2n1CCCNC(=O)C=Cc1cccc([N+](=O)[O-])c1. The summed E-state index contributed by atoms with van der Waals surface area (Å²) in [7, 11) is 0. The molecule has 1 aromatic heterocycles. The molecule has 0 fully saturated rings. The third-order valence-electron chi connectivity index (χ3n) is 4.21. The van der Waals surface area contributed by atoms with Gasteiger partial charge < -0.3 is 9.88 Å².